The third-order valence-electron chi connectivity index (χ3n) is 3.75. The zero-order valence-electron chi connectivity index (χ0n) is 14.1. The smallest absolute Gasteiger partial charge is 0.352 e. The lowest BCUT2D eigenvalue weighted by atomic mass is 10.1. The van der Waals surface area contributed by atoms with Crippen LogP contribution < -0.4 is 5.32 Å². The summed E-state index contributed by atoms with van der Waals surface area (Å²) < 4.78 is 38.7. The number of halogens is 3. The maximum Gasteiger partial charge on any atom is 0.446 e. The molecule has 8 heteroatoms. The molecular formula is C19H16F3N3OS. The number of benzene rings is 2. The summed E-state index contributed by atoms with van der Waals surface area (Å²) in [6, 6.07) is 15.0. The van der Waals surface area contributed by atoms with Gasteiger partial charge in [0.15, 0.2) is 0 Å². The van der Waals surface area contributed by atoms with Crippen LogP contribution >= 0.6 is 11.8 Å². The van der Waals surface area contributed by atoms with Gasteiger partial charge in [-0.05, 0) is 66.2 Å². The van der Waals surface area contributed by atoms with Gasteiger partial charge in [0.25, 0.3) is 5.91 Å². The minimum atomic E-state index is -4.34. The summed E-state index contributed by atoms with van der Waals surface area (Å²) in [5.74, 6) is -0.313. The highest BCUT2D eigenvalue weighted by molar-refractivity contribution is 8.00. The van der Waals surface area contributed by atoms with Crippen LogP contribution in [0, 0.1) is 0 Å². The van der Waals surface area contributed by atoms with Gasteiger partial charge in [0.2, 0.25) is 0 Å². The molecule has 1 amide bonds. The summed E-state index contributed by atoms with van der Waals surface area (Å²) in [6.07, 6.45) is 4.21. The SMILES string of the molecule is O=C(NCCc1ccc(-n2cccn2)cc1)c1ccc(SC(F)(F)F)cc1. The van der Waals surface area contributed by atoms with Crippen molar-refractivity contribution in [3.05, 3.63) is 78.1 Å². The lowest BCUT2D eigenvalue weighted by molar-refractivity contribution is -0.0328. The number of rotatable bonds is 6. The van der Waals surface area contributed by atoms with E-state index in [9.17, 15) is 18.0 Å². The van der Waals surface area contributed by atoms with Gasteiger partial charge < -0.3 is 5.32 Å². The van der Waals surface area contributed by atoms with Crippen molar-refractivity contribution in [3.8, 4) is 5.69 Å². The van der Waals surface area contributed by atoms with E-state index in [4.69, 9.17) is 0 Å². The molecule has 0 aliphatic heterocycles. The van der Waals surface area contributed by atoms with Gasteiger partial charge in [-0.15, -0.1) is 0 Å². The molecule has 1 aromatic heterocycles. The van der Waals surface area contributed by atoms with E-state index in [0.29, 0.717) is 18.5 Å². The number of hydrogen-bond acceptors (Lipinski definition) is 3. The Bertz CT molecular complexity index is 876. The molecule has 27 heavy (non-hydrogen) atoms. The van der Waals surface area contributed by atoms with Crippen molar-refractivity contribution in [2.24, 2.45) is 0 Å². The standard InChI is InChI=1S/C19H16F3N3OS/c20-19(21,22)27-17-8-4-15(5-9-17)18(26)23-12-10-14-2-6-16(7-3-14)25-13-1-11-24-25/h1-9,11,13H,10,12H2,(H,23,26). The minimum Gasteiger partial charge on any atom is -0.352 e. The second-order valence-electron chi connectivity index (χ2n) is 5.70. The van der Waals surface area contributed by atoms with Crippen molar-refractivity contribution < 1.29 is 18.0 Å². The molecule has 0 bridgehead atoms. The van der Waals surface area contributed by atoms with E-state index in [1.807, 2.05) is 36.5 Å². The summed E-state index contributed by atoms with van der Waals surface area (Å²) in [7, 11) is 0. The van der Waals surface area contributed by atoms with Crippen molar-refractivity contribution >= 4 is 17.7 Å². The third-order valence-corrected chi connectivity index (χ3v) is 4.49. The van der Waals surface area contributed by atoms with Crippen molar-refractivity contribution in [1.29, 1.82) is 0 Å². The molecule has 2 aromatic carbocycles. The maximum atomic E-state index is 12.3. The second-order valence-corrected chi connectivity index (χ2v) is 6.83. The summed E-state index contributed by atoms with van der Waals surface area (Å²) in [5, 5.41) is 6.93. The van der Waals surface area contributed by atoms with Crippen LogP contribution in [0.1, 0.15) is 15.9 Å². The van der Waals surface area contributed by atoms with Crippen LogP contribution in [0.4, 0.5) is 13.2 Å². The van der Waals surface area contributed by atoms with Crippen molar-refractivity contribution in [2.75, 3.05) is 6.54 Å². The fourth-order valence-corrected chi connectivity index (χ4v) is 3.01. The molecule has 0 saturated carbocycles. The molecule has 4 nitrogen and oxygen atoms in total. The Labute approximate surface area is 158 Å². The molecule has 0 unspecified atom stereocenters. The van der Waals surface area contributed by atoms with Gasteiger partial charge in [-0.2, -0.15) is 18.3 Å². The van der Waals surface area contributed by atoms with E-state index in [1.165, 1.54) is 24.3 Å². The molecule has 0 atom stereocenters. The Morgan fingerprint density at radius 1 is 1.07 bits per heavy atom. The first-order chi connectivity index (χ1) is 12.9. The molecule has 0 fully saturated rings. The first kappa shape index (κ1) is 19.0. The van der Waals surface area contributed by atoms with Crippen LogP contribution in [0.15, 0.2) is 71.9 Å². The Hall–Kier alpha value is -2.74. The van der Waals surface area contributed by atoms with Crippen LogP contribution in [-0.4, -0.2) is 27.7 Å². The Morgan fingerprint density at radius 2 is 1.78 bits per heavy atom. The average molecular weight is 391 g/mol. The first-order valence-electron chi connectivity index (χ1n) is 8.14. The van der Waals surface area contributed by atoms with Crippen LogP contribution in [0.25, 0.3) is 5.69 Å². The molecule has 0 aliphatic rings. The van der Waals surface area contributed by atoms with Gasteiger partial charge in [0.1, 0.15) is 0 Å². The fraction of sp³-hybridized carbons (Fsp3) is 0.158. The molecule has 3 rings (SSSR count). The lowest BCUT2D eigenvalue weighted by Crippen LogP contribution is -2.25. The molecular weight excluding hydrogens is 375 g/mol. The molecule has 1 heterocycles. The van der Waals surface area contributed by atoms with Crippen molar-refractivity contribution in [3.63, 3.8) is 0 Å². The number of nitrogens with zero attached hydrogens (tertiary/aromatic N) is 2. The van der Waals surface area contributed by atoms with Crippen molar-refractivity contribution in [1.82, 2.24) is 15.1 Å². The predicted octanol–water partition coefficient (Wildman–Crippen LogP) is 4.46. The summed E-state index contributed by atoms with van der Waals surface area (Å²) in [5.41, 5.74) is -2.00. The summed E-state index contributed by atoms with van der Waals surface area (Å²) in [6.45, 7) is 0.430. The zero-order valence-corrected chi connectivity index (χ0v) is 14.9. The van der Waals surface area contributed by atoms with Gasteiger partial charge in [-0.3, -0.25) is 4.79 Å². The van der Waals surface area contributed by atoms with Crippen LogP contribution in [0.5, 0.6) is 0 Å². The number of thioether (sulfide) groups is 1. The van der Waals surface area contributed by atoms with E-state index in [1.54, 1.807) is 10.9 Å². The topological polar surface area (TPSA) is 46.9 Å². The normalized spacial score (nSPS) is 11.4. The third kappa shape index (κ3) is 5.62. The second kappa shape index (κ2) is 8.30. The highest BCUT2D eigenvalue weighted by Gasteiger charge is 2.29. The highest BCUT2D eigenvalue weighted by Crippen LogP contribution is 2.36. The predicted molar refractivity (Wildman–Crippen MR) is 98.0 cm³/mol. The van der Waals surface area contributed by atoms with E-state index < -0.39 is 5.51 Å². The average Bonchev–Trinajstić information content (AvgIpc) is 3.16. The zero-order chi connectivity index (χ0) is 19.3. The summed E-state index contributed by atoms with van der Waals surface area (Å²) >= 11 is -0.202. The number of carbonyl (C=O) groups is 1. The minimum absolute atomic E-state index is 0.0521. The van der Waals surface area contributed by atoms with E-state index >= 15 is 0 Å². The number of amides is 1. The first-order valence-corrected chi connectivity index (χ1v) is 8.95. The van der Waals surface area contributed by atoms with E-state index in [0.717, 1.165) is 11.3 Å². The Kier molecular flexibility index (Phi) is 5.85. The number of hydrogen-bond donors (Lipinski definition) is 1. The highest BCUT2D eigenvalue weighted by atomic mass is 32.2. The number of carbonyl (C=O) groups excluding carboxylic acids is 1. The monoisotopic (exact) mass is 391 g/mol. The molecule has 0 spiro atoms. The van der Waals surface area contributed by atoms with Gasteiger partial charge in [-0.25, -0.2) is 4.68 Å². The molecule has 0 aliphatic carbocycles. The Balaban J connectivity index is 1.49. The molecule has 3 aromatic rings. The van der Waals surface area contributed by atoms with Crippen molar-refractivity contribution in [2.45, 2.75) is 16.8 Å². The van der Waals surface area contributed by atoms with Crippen LogP contribution in [-0.2, 0) is 6.42 Å². The number of nitrogens with one attached hydrogen (secondary N) is 1. The van der Waals surface area contributed by atoms with Gasteiger partial charge in [0, 0.05) is 29.4 Å². The summed E-state index contributed by atoms with van der Waals surface area (Å²) in [4.78, 5) is 12.1. The van der Waals surface area contributed by atoms with Crippen LogP contribution in [0.2, 0.25) is 0 Å². The lowest BCUT2D eigenvalue weighted by Gasteiger charge is -2.08. The molecule has 0 saturated heterocycles. The van der Waals surface area contributed by atoms with E-state index in [2.05, 4.69) is 10.4 Å². The molecule has 1 N–H and O–H groups in total. The maximum absolute atomic E-state index is 12.3. The number of alkyl halides is 3. The molecule has 140 valence electrons. The van der Waals surface area contributed by atoms with Gasteiger partial charge in [-0.1, -0.05) is 12.1 Å². The van der Waals surface area contributed by atoms with Gasteiger partial charge in [0.05, 0.1) is 5.69 Å². The Morgan fingerprint density at radius 3 is 2.37 bits per heavy atom. The van der Waals surface area contributed by atoms with E-state index in [-0.39, 0.29) is 22.6 Å². The number of aromatic nitrogens is 2. The quantitative estimate of drug-likeness (QED) is 0.632. The largest absolute Gasteiger partial charge is 0.446 e. The fourth-order valence-electron chi connectivity index (χ4n) is 2.47. The van der Waals surface area contributed by atoms with Gasteiger partial charge >= 0.3 is 5.51 Å². The van der Waals surface area contributed by atoms with Crippen LogP contribution in [0.3, 0.4) is 0 Å². The molecule has 0 radical (unpaired) electrons.